The fourth-order valence-electron chi connectivity index (χ4n) is 2.50. The van der Waals surface area contributed by atoms with Gasteiger partial charge in [0.2, 0.25) is 5.91 Å². The number of carboxylic acids is 1. The summed E-state index contributed by atoms with van der Waals surface area (Å²) in [5, 5.41) is 10.5. The first-order chi connectivity index (χ1) is 10.3. The number of hydrogen-bond donors (Lipinski definition) is 2. The first-order valence-electron chi connectivity index (χ1n) is 6.79. The smallest absolute Gasteiger partial charge is 0.305 e. The summed E-state index contributed by atoms with van der Waals surface area (Å²) in [6, 6.07) is 6.15. The predicted octanol–water partition coefficient (Wildman–Crippen LogP) is 1.66. The number of halogens is 1. The zero-order valence-corrected chi connectivity index (χ0v) is 14.1. The summed E-state index contributed by atoms with van der Waals surface area (Å²) >= 11 is 3.29. The van der Waals surface area contributed by atoms with Crippen molar-refractivity contribution in [2.45, 2.75) is 30.6 Å². The summed E-state index contributed by atoms with van der Waals surface area (Å²) in [6.07, 6.45) is 0.433. The van der Waals surface area contributed by atoms with Crippen LogP contribution in [0.2, 0.25) is 0 Å². The van der Waals surface area contributed by atoms with Crippen LogP contribution in [0.1, 0.15) is 30.9 Å². The Morgan fingerprint density at radius 2 is 2.14 bits per heavy atom. The van der Waals surface area contributed by atoms with Crippen molar-refractivity contribution in [3.8, 4) is 0 Å². The molecule has 1 unspecified atom stereocenters. The number of amides is 1. The third kappa shape index (κ3) is 4.07. The predicted molar refractivity (Wildman–Crippen MR) is 84.1 cm³/mol. The summed E-state index contributed by atoms with van der Waals surface area (Å²) in [5.41, 5.74) is 0.612. The number of nitrogens with one attached hydrogen (secondary N) is 1. The van der Waals surface area contributed by atoms with E-state index in [2.05, 4.69) is 21.2 Å². The van der Waals surface area contributed by atoms with Crippen LogP contribution in [0, 0.1) is 0 Å². The SMILES string of the molecule is O=C(O)C[C@@H](NC(=O)C1CCCS1(=O)=O)c1cccc(Br)c1. The van der Waals surface area contributed by atoms with Crippen molar-refractivity contribution in [3.63, 3.8) is 0 Å². The fraction of sp³-hybridized carbons (Fsp3) is 0.429. The van der Waals surface area contributed by atoms with Crippen LogP contribution in [-0.4, -0.2) is 36.4 Å². The van der Waals surface area contributed by atoms with E-state index in [9.17, 15) is 18.0 Å². The van der Waals surface area contributed by atoms with E-state index >= 15 is 0 Å². The van der Waals surface area contributed by atoms with Crippen molar-refractivity contribution in [1.29, 1.82) is 0 Å². The molecule has 0 radical (unpaired) electrons. The van der Waals surface area contributed by atoms with Gasteiger partial charge in [-0.1, -0.05) is 28.1 Å². The maximum atomic E-state index is 12.2. The number of rotatable bonds is 5. The number of carbonyl (C=O) groups is 2. The standard InChI is InChI=1S/C14H16BrNO5S/c15-10-4-1-3-9(7-10)11(8-13(17)18)16-14(19)12-5-2-6-22(12,20)21/h1,3-4,7,11-12H,2,5-6,8H2,(H,16,19)(H,17,18)/t11-,12?/m1/s1. The highest BCUT2D eigenvalue weighted by Crippen LogP contribution is 2.24. The highest BCUT2D eigenvalue weighted by Gasteiger charge is 2.38. The van der Waals surface area contributed by atoms with E-state index in [-0.39, 0.29) is 18.6 Å². The van der Waals surface area contributed by atoms with Gasteiger partial charge in [-0.3, -0.25) is 9.59 Å². The molecule has 1 heterocycles. The molecule has 0 saturated carbocycles. The van der Waals surface area contributed by atoms with E-state index in [4.69, 9.17) is 5.11 Å². The first-order valence-corrected chi connectivity index (χ1v) is 9.29. The number of carbonyl (C=O) groups excluding carboxylic acids is 1. The quantitative estimate of drug-likeness (QED) is 0.797. The van der Waals surface area contributed by atoms with Crippen LogP contribution in [0.15, 0.2) is 28.7 Å². The number of hydrogen-bond acceptors (Lipinski definition) is 4. The van der Waals surface area contributed by atoms with E-state index in [0.717, 1.165) is 4.47 Å². The number of carboxylic acid groups (broad SMARTS) is 1. The Balaban J connectivity index is 2.20. The highest BCUT2D eigenvalue weighted by molar-refractivity contribution is 9.10. The van der Waals surface area contributed by atoms with Gasteiger partial charge in [0.15, 0.2) is 9.84 Å². The van der Waals surface area contributed by atoms with Crippen molar-refractivity contribution in [2.24, 2.45) is 0 Å². The van der Waals surface area contributed by atoms with Gasteiger partial charge in [0.05, 0.1) is 18.2 Å². The minimum Gasteiger partial charge on any atom is -0.481 e. The minimum atomic E-state index is -3.42. The second-order valence-corrected chi connectivity index (χ2v) is 8.43. The minimum absolute atomic E-state index is 0.00552. The maximum absolute atomic E-state index is 12.2. The maximum Gasteiger partial charge on any atom is 0.305 e. The summed E-state index contributed by atoms with van der Waals surface area (Å²) in [5.74, 6) is -1.69. The Kier molecular flexibility index (Phi) is 5.23. The van der Waals surface area contributed by atoms with Crippen LogP contribution >= 0.6 is 15.9 Å². The Bertz CT molecular complexity index is 688. The van der Waals surface area contributed by atoms with Crippen molar-refractivity contribution < 1.29 is 23.1 Å². The zero-order chi connectivity index (χ0) is 16.3. The van der Waals surface area contributed by atoms with Crippen molar-refractivity contribution >= 4 is 37.6 Å². The van der Waals surface area contributed by atoms with E-state index < -0.39 is 33.0 Å². The lowest BCUT2D eigenvalue weighted by molar-refractivity contribution is -0.137. The van der Waals surface area contributed by atoms with Gasteiger partial charge in [0, 0.05) is 4.47 Å². The number of sulfone groups is 1. The molecule has 2 N–H and O–H groups in total. The summed E-state index contributed by atoms with van der Waals surface area (Å²) in [6.45, 7) is 0. The second-order valence-electron chi connectivity index (χ2n) is 5.21. The monoisotopic (exact) mass is 389 g/mol. The molecular formula is C14H16BrNO5S. The van der Waals surface area contributed by atoms with Crippen molar-refractivity contribution in [3.05, 3.63) is 34.3 Å². The molecule has 120 valence electrons. The van der Waals surface area contributed by atoms with E-state index in [1.54, 1.807) is 24.3 Å². The Hall–Kier alpha value is -1.41. The summed E-state index contributed by atoms with van der Waals surface area (Å²) in [4.78, 5) is 23.2. The van der Waals surface area contributed by atoms with Gasteiger partial charge < -0.3 is 10.4 Å². The molecule has 0 bridgehead atoms. The van der Waals surface area contributed by atoms with Crippen molar-refractivity contribution in [2.75, 3.05) is 5.75 Å². The number of benzene rings is 1. The third-order valence-corrected chi connectivity index (χ3v) is 6.24. The van der Waals surface area contributed by atoms with Crippen LogP contribution < -0.4 is 5.32 Å². The van der Waals surface area contributed by atoms with Gasteiger partial charge in [0.1, 0.15) is 5.25 Å². The topological polar surface area (TPSA) is 101 Å². The molecule has 1 fully saturated rings. The first kappa shape index (κ1) is 17.0. The molecule has 1 aromatic carbocycles. The van der Waals surface area contributed by atoms with E-state index in [1.807, 2.05) is 0 Å². The van der Waals surface area contributed by atoms with E-state index in [1.165, 1.54) is 0 Å². The van der Waals surface area contributed by atoms with Gasteiger partial charge >= 0.3 is 5.97 Å². The van der Waals surface area contributed by atoms with Crippen LogP contribution in [0.5, 0.6) is 0 Å². The van der Waals surface area contributed by atoms with Crippen LogP contribution in [0.3, 0.4) is 0 Å². The Labute approximate surface area is 137 Å². The average molecular weight is 390 g/mol. The number of aliphatic carboxylic acids is 1. The summed E-state index contributed by atoms with van der Waals surface area (Å²) < 4.78 is 24.4. The van der Waals surface area contributed by atoms with Crippen LogP contribution in [0.4, 0.5) is 0 Å². The molecule has 1 aliphatic rings. The molecule has 2 atom stereocenters. The molecule has 2 rings (SSSR count). The normalized spacial score (nSPS) is 21.2. The van der Waals surface area contributed by atoms with Crippen LogP contribution in [0.25, 0.3) is 0 Å². The van der Waals surface area contributed by atoms with Gasteiger partial charge in [-0.15, -0.1) is 0 Å². The lowest BCUT2D eigenvalue weighted by atomic mass is 10.0. The van der Waals surface area contributed by atoms with Gasteiger partial charge in [-0.25, -0.2) is 8.42 Å². The lowest BCUT2D eigenvalue weighted by Crippen LogP contribution is -2.40. The van der Waals surface area contributed by atoms with Gasteiger partial charge in [-0.2, -0.15) is 0 Å². The molecule has 1 aliphatic heterocycles. The Morgan fingerprint density at radius 1 is 1.41 bits per heavy atom. The van der Waals surface area contributed by atoms with E-state index in [0.29, 0.717) is 12.0 Å². The lowest BCUT2D eigenvalue weighted by Gasteiger charge is -2.20. The van der Waals surface area contributed by atoms with Crippen LogP contribution in [-0.2, 0) is 19.4 Å². The molecule has 1 amide bonds. The molecule has 1 saturated heterocycles. The summed E-state index contributed by atoms with van der Waals surface area (Å²) in [7, 11) is -3.42. The van der Waals surface area contributed by atoms with Gasteiger partial charge in [0.25, 0.3) is 0 Å². The molecule has 1 aromatic rings. The molecule has 6 nitrogen and oxygen atoms in total. The highest BCUT2D eigenvalue weighted by atomic mass is 79.9. The zero-order valence-electron chi connectivity index (χ0n) is 11.7. The molecule has 0 aliphatic carbocycles. The molecule has 0 spiro atoms. The van der Waals surface area contributed by atoms with Gasteiger partial charge in [-0.05, 0) is 30.5 Å². The third-order valence-electron chi connectivity index (χ3n) is 3.57. The fourth-order valence-corrected chi connectivity index (χ4v) is 4.69. The second kappa shape index (κ2) is 6.78. The molecule has 22 heavy (non-hydrogen) atoms. The van der Waals surface area contributed by atoms with Crippen molar-refractivity contribution in [1.82, 2.24) is 5.32 Å². The Morgan fingerprint density at radius 3 is 2.68 bits per heavy atom. The molecule has 0 aromatic heterocycles. The molecular weight excluding hydrogens is 374 g/mol. The largest absolute Gasteiger partial charge is 0.481 e. The molecule has 8 heteroatoms. The average Bonchev–Trinajstić information content (AvgIpc) is 2.77.